The van der Waals surface area contributed by atoms with E-state index >= 15 is 0 Å². The van der Waals surface area contributed by atoms with E-state index in [1.807, 2.05) is 0 Å². The molecule has 1 saturated heterocycles. The summed E-state index contributed by atoms with van der Waals surface area (Å²) >= 11 is 3.25. The number of β-amino-alcohol motifs (C(OH)–C–C–N with tert-alkyl or cyclic N) is 2. The molecule has 0 aromatic heterocycles. The molecule has 2 atom stereocenters. The standard InChI is InChI=1S/C11H13BrN2O3/c12-7-2-1-6(3-8(7)13)11(17)14-4-9(15)10(16)5-14/h1-3,9-10,15-16H,4-5,13H2. The van der Waals surface area contributed by atoms with Crippen molar-refractivity contribution < 1.29 is 15.0 Å². The van der Waals surface area contributed by atoms with Crippen molar-refractivity contribution in [3.63, 3.8) is 0 Å². The Bertz CT molecular complexity index is 442. The highest BCUT2D eigenvalue weighted by Crippen LogP contribution is 2.22. The summed E-state index contributed by atoms with van der Waals surface area (Å²) in [5.74, 6) is -0.236. The molecule has 2 unspecified atom stereocenters. The summed E-state index contributed by atoms with van der Waals surface area (Å²) in [5.41, 5.74) is 6.63. The number of nitrogen functional groups attached to an aromatic ring is 1. The Balaban J connectivity index is 2.17. The minimum atomic E-state index is -0.869. The molecule has 2 rings (SSSR count). The third-order valence-electron chi connectivity index (χ3n) is 2.79. The molecule has 0 radical (unpaired) electrons. The molecule has 5 nitrogen and oxygen atoms in total. The van der Waals surface area contributed by atoms with E-state index in [1.165, 1.54) is 4.90 Å². The van der Waals surface area contributed by atoms with Crippen molar-refractivity contribution in [1.82, 2.24) is 4.90 Å². The zero-order chi connectivity index (χ0) is 12.6. The average Bonchev–Trinajstić information content (AvgIpc) is 2.62. The summed E-state index contributed by atoms with van der Waals surface area (Å²) in [6.07, 6.45) is -1.74. The number of likely N-dealkylation sites (tertiary alicyclic amines) is 1. The lowest BCUT2D eigenvalue weighted by molar-refractivity contribution is 0.0572. The van der Waals surface area contributed by atoms with Gasteiger partial charge in [-0.1, -0.05) is 0 Å². The topological polar surface area (TPSA) is 86.8 Å². The molecule has 1 aromatic carbocycles. The van der Waals surface area contributed by atoms with Crippen LogP contribution < -0.4 is 5.73 Å². The Hall–Kier alpha value is -1.11. The summed E-state index contributed by atoms with van der Waals surface area (Å²) in [5, 5.41) is 18.8. The van der Waals surface area contributed by atoms with Gasteiger partial charge in [0.1, 0.15) is 0 Å². The molecule has 1 aliphatic rings. The number of aliphatic hydroxyl groups is 2. The van der Waals surface area contributed by atoms with Crippen LogP contribution >= 0.6 is 15.9 Å². The van der Waals surface area contributed by atoms with Crippen LogP contribution in [0.15, 0.2) is 22.7 Å². The molecule has 0 bridgehead atoms. The number of benzene rings is 1. The first-order valence-electron chi connectivity index (χ1n) is 5.19. The van der Waals surface area contributed by atoms with Gasteiger partial charge in [0.2, 0.25) is 0 Å². The number of hydrogen-bond acceptors (Lipinski definition) is 4. The van der Waals surface area contributed by atoms with Crippen molar-refractivity contribution in [2.45, 2.75) is 12.2 Å². The zero-order valence-corrected chi connectivity index (χ0v) is 10.6. The van der Waals surface area contributed by atoms with Gasteiger partial charge >= 0.3 is 0 Å². The smallest absolute Gasteiger partial charge is 0.254 e. The van der Waals surface area contributed by atoms with Crippen LogP contribution in [0.1, 0.15) is 10.4 Å². The Labute approximate surface area is 107 Å². The number of nitrogens with two attached hydrogens (primary N) is 1. The van der Waals surface area contributed by atoms with Gasteiger partial charge in [0.15, 0.2) is 0 Å². The van der Waals surface area contributed by atoms with E-state index in [9.17, 15) is 15.0 Å². The lowest BCUT2D eigenvalue weighted by atomic mass is 10.2. The van der Waals surface area contributed by atoms with Crippen molar-refractivity contribution in [3.05, 3.63) is 28.2 Å². The number of nitrogens with zero attached hydrogens (tertiary/aromatic N) is 1. The molecule has 1 heterocycles. The number of carbonyl (C=O) groups excluding carboxylic acids is 1. The molecule has 0 spiro atoms. The monoisotopic (exact) mass is 300 g/mol. The minimum absolute atomic E-state index is 0.149. The number of carbonyl (C=O) groups is 1. The van der Waals surface area contributed by atoms with Gasteiger partial charge in [0.25, 0.3) is 5.91 Å². The van der Waals surface area contributed by atoms with Crippen molar-refractivity contribution >= 4 is 27.5 Å². The predicted molar refractivity (Wildman–Crippen MR) is 66.5 cm³/mol. The molecule has 0 aliphatic carbocycles. The van der Waals surface area contributed by atoms with Gasteiger partial charge in [0.05, 0.1) is 12.2 Å². The average molecular weight is 301 g/mol. The summed E-state index contributed by atoms with van der Waals surface area (Å²) in [4.78, 5) is 13.4. The van der Waals surface area contributed by atoms with Gasteiger partial charge in [-0.15, -0.1) is 0 Å². The first-order chi connectivity index (χ1) is 7.99. The maximum atomic E-state index is 12.0. The molecule has 92 valence electrons. The summed E-state index contributed by atoms with van der Waals surface area (Å²) < 4.78 is 0.732. The number of anilines is 1. The van der Waals surface area contributed by atoms with Crippen LogP contribution in [0.5, 0.6) is 0 Å². The third-order valence-corrected chi connectivity index (χ3v) is 3.51. The highest BCUT2D eigenvalue weighted by Gasteiger charge is 2.32. The van der Waals surface area contributed by atoms with Gasteiger partial charge in [-0.3, -0.25) is 4.79 Å². The van der Waals surface area contributed by atoms with Crippen molar-refractivity contribution in [2.24, 2.45) is 0 Å². The number of aliphatic hydroxyl groups excluding tert-OH is 2. The van der Waals surface area contributed by atoms with Crippen LogP contribution in [0.25, 0.3) is 0 Å². The molecular weight excluding hydrogens is 288 g/mol. The lowest BCUT2D eigenvalue weighted by Gasteiger charge is -2.15. The van der Waals surface area contributed by atoms with E-state index in [0.717, 1.165) is 4.47 Å². The first kappa shape index (κ1) is 12.3. The quantitative estimate of drug-likeness (QED) is 0.647. The van der Waals surface area contributed by atoms with Crippen LogP contribution in [0.2, 0.25) is 0 Å². The summed E-state index contributed by atoms with van der Waals surface area (Å²) in [6, 6.07) is 4.93. The van der Waals surface area contributed by atoms with E-state index in [4.69, 9.17) is 5.73 Å². The Morgan fingerprint density at radius 2 is 1.94 bits per heavy atom. The van der Waals surface area contributed by atoms with E-state index in [2.05, 4.69) is 15.9 Å². The van der Waals surface area contributed by atoms with E-state index in [0.29, 0.717) is 11.3 Å². The summed E-state index contributed by atoms with van der Waals surface area (Å²) in [7, 11) is 0. The number of halogens is 1. The molecule has 1 fully saturated rings. The van der Waals surface area contributed by atoms with Crippen LogP contribution in [-0.2, 0) is 0 Å². The van der Waals surface area contributed by atoms with Crippen LogP contribution in [-0.4, -0.2) is 46.3 Å². The second kappa shape index (κ2) is 4.64. The van der Waals surface area contributed by atoms with Gasteiger partial charge in [-0.2, -0.15) is 0 Å². The molecular formula is C11H13BrN2O3. The number of amides is 1. The molecule has 0 saturated carbocycles. The Kier molecular flexibility index (Phi) is 3.37. The van der Waals surface area contributed by atoms with Crippen molar-refractivity contribution in [1.29, 1.82) is 0 Å². The van der Waals surface area contributed by atoms with Gasteiger partial charge < -0.3 is 20.8 Å². The Morgan fingerprint density at radius 1 is 1.35 bits per heavy atom. The predicted octanol–water partition coefficient (Wildman–Crippen LogP) is 0.209. The third kappa shape index (κ3) is 2.43. The second-order valence-corrected chi connectivity index (χ2v) is 4.94. The van der Waals surface area contributed by atoms with Crippen LogP contribution in [0, 0.1) is 0 Å². The normalized spacial score (nSPS) is 24.1. The lowest BCUT2D eigenvalue weighted by Crippen LogP contribution is -2.29. The Morgan fingerprint density at radius 3 is 2.47 bits per heavy atom. The second-order valence-electron chi connectivity index (χ2n) is 4.08. The highest BCUT2D eigenvalue weighted by atomic mass is 79.9. The minimum Gasteiger partial charge on any atom is -0.398 e. The molecule has 6 heteroatoms. The van der Waals surface area contributed by atoms with E-state index in [-0.39, 0.29) is 19.0 Å². The zero-order valence-electron chi connectivity index (χ0n) is 9.01. The number of rotatable bonds is 1. The maximum absolute atomic E-state index is 12.0. The fraction of sp³-hybridized carbons (Fsp3) is 0.364. The maximum Gasteiger partial charge on any atom is 0.254 e. The van der Waals surface area contributed by atoms with E-state index in [1.54, 1.807) is 18.2 Å². The highest BCUT2D eigenvalue weighted by molar-refractivity contribution is 9.10. The van der Waals surface area contributed by atoms with Crippen molar-refractivity contribution in [2.75, 3.05) is 18.8 Å². The SMILES string of the molecule is Nc1cc(C(=O)N2CC(O)C(O)C2)ccc1Br. The largest absolute Gasteiger partial charge is 0.398 e. The number of hydrogen-bond donors (Lipinski definition) is 3. The first-order valence-corrected chi connectivity index (χ1v) is 5.99. The van der Waals surface area contributed by atoms with Crippen molar-refractivity contribution in [3.8, 4) is 0 Å². The molecule has 1 aromatic rings. The van der Waals surface area contributed by atoms with Crippen LogP contribution in [0.4, 0.5) is 5.69 Å². The van der Waals surface area contributed by atoms with Gasteiger partial charge in [0, 0.05) is 28.8 Å². The van der Waals surface area contributed by atoms with Crippen LogP contribution in [0.3, 0.4) is 0 Å². The van der Waals surface area contributed by atoms with Gasteiger partial charge in [-0.05, 0) is 34.1 Å². The van der Waals surface area contributed by atoms with E-state index < -0.39 is 12.2 Å². The fourth-order valence-electron chi connectivity index (χ4n) is 1.79. The fourth-order valence-corrected chi connectivity index (χ4v) is 2.04. The van der Waals surface area contributed by atoms with Gasteiger partial charge in [-0.25, -0.2) is 0 Å². The molecule has 1 aliphatic heterocycles. The summed E-state index contributed by atoms with van der Waals surface area (Å²) in [6.45, 7) is 0.298. The molecule has 17 heavy (non-hydrogen) atoms. The molecule has 1 amide bonds. The molecule has 4 N–H and O–H groups in total.